The molecule has 1 atom stereocenters. The summed E-state index contributed by atoms with van der Waals surface area (Å²) in [5.74, 6) is -1.25. The molecule has 4 rings (SSSR count). The van der Waals surface area contributed by atoms with Gasteiger partial charge >= 0.3 is 6.18 Å². The zero-order valence-electron chi connectivity index (χ0n) is 17.1. The van der Waals surface area contributed by atoms with E-state index in [0.717, 1.165) is 12.1 Å². The molecule has 2 aliphatic rings. The number of hydrogen-bond donors (Lipinski definition) is 1. The van der Waals surface area contributed by atoms with Crippen molar-refractivity contribution >= 4 is 23.4 Å². The van der Waals surface area contributed by atoms with Crippen LogP contribution in [0, 0.1) is 5.92 Å². The number of hydrogen-bond acceptors (Lipinski definition) is 4. The summed E-state index contributed by atoms with van der Waals surface area (Å²) in [6.07, 6.45) is -2.00. The van der Waals surface area contributed by atoms with Crippen LogP contribution in [0.1, 0.15) is 35.4 Å². The predicted molar refractivity (Wildman–Crippen MR) is 108 cm³/mol. The molecule has 0 spiro atoms. The molecule has 1 N–H and O–H groups in total. The van der Waals surface area contributed by atoms with Crippen LogP contribution in [0.3, 0.4) is 0 Å². The van der Waals surface area contributed by atoms with Crippen molar-refractivity contribution in [3.63, 3.8) is 0 Å². The molecule has 7 nitrogen and oxygen atoms in total. The molecule has 1 aromatic carbocycles. The summed E-state index contributed by atoms with van der Waals surface area (Å²) < 4.78 is 44.1. The van der Waals surface area contributed by atoms with Crippen molar-refractivity contribution in [1.82, 2.24) is 10.2 Å². The van der Waals surface area contributed by atoms with Crippen LogP contribution in [0.2, 0.25) is 0 Å². The number of alkyl halides is 3. The summed E-state index contributed by atoms with van der Waals surface area (Å²) in [5.41, 5.74) is -0.712. The third-order valence-electron chi connectivity index (χ3n) is 5.84. The first-order valence-corrected chi connectivity index (χ1v) is 10.3. The Labute approximate surface area is 182 Å². The molecule has 170 valence electrons. The van der Waals surface area contributed by atoms with Gasteiger partial charge in [-0.05, 0) is 43.2 Å². The number of rotatable bonds is 4. The van der Waals surface area contributed by atoms with Gasteiger partial charge in [0.1, 0.15) is 0 Å². The number of nitrogens with zero attached hydrogens (tertiary/aromatic N) is 2. The summed E-state index contributed by atoms with van der Waals surface area (Å²) in [6.45, 7) is 0.955. The van der Waals surface area contributed by atoms with Crippen LogP contribution in [0.4, 0.5) is 18.9 Å². The van der Waals surface area contributed by atoms with Crippen molar-refractivity contribution in [3.8, 4) is 0 Å². The molecule has 10 heteroatoms. The maximum atomic E-state index is 13.0. The van der Waals surface area contributed by atoms with Gasteiger partial charge in [-0.15, -0.1) is 0 Å². The molecule has 0 saturated carbocycles. The smallest absolute Gasteiger partial charge is 0.416 e. The van der Waals surface area contributed by atoms with Crippen LogP contribution < -0.4 is 10.2 Å². The van der Waals surface area contributed by atoms with E-state index < -0.39 is 17.7 Å². The average Bonchev–Trinajstić information content (AvgIpc) is 3.43. The summed E-state index contributed by atoms with van der Waals surface area (Å²) in [7, 11) is 0. The summed E-state index contributed by atoms with van der Waals surface area (Å²) >= 11 is 0. The number of furan rings is 1. The topological polar surface area (TPSA) is 82.9 Å². The number of carbonyl (C=O) groups excluding carboxylic acids is 3. The van der Waals surface area contributed by atoms with E-state index in [4.69, 9.17) is 4.42 Å². The minimum absolute atomic E-state index is 0.0296. The van der Waals surface area contributed by atoms with Crippen molar-refractivity contribution in [3.05, 3.63) is 54.0 Å². The van der Waals surface area contributed by atoms with E-state index in [0.29, 0.717) is 25.9 Å². The normalized spacial score (nSPS) is 20.0. The van der Waals surface area contributed by atoms with Gasteiger partial charge in [-0.3, -0.25) is 14.4 Å². The quantitative estimate of drug-likeness (QED) is 0.778. The zero-order valence-corrected chi connectivity index (χ0v) is 17.1. The van der Waals surface area contributed by atoms with Gasteiger partial charge in [0, 0.05) is 37.8 Å². The van der Waals surface area contributed by atoms with Crippen LogP contribution in [0.25, 0.3) is 0 Å². The van der Waals surface area contributed by atoms with E-state index in [2.05, 4.69) is 5.32 Å². The molecule has 1 aromatic heterocycles. The van der Waals surface area contributed by atoms with Gasteiger partial charge in [0.2, 0.25) is 11.8 Å². The highest BCUT2D eigenvalue weighted by Gasteiger charge is 2.38. The van der Waals surface area contributed by atoms with Crippen molar-refractivity contribution < 1.29 is 32.0 Å². The minimum atomic E-state index is -4.51. The summed E-state index contributed by atoms with van der Waals surface area (Å²) in [4.78, 5) is 40.3. The standard InChI is InChI=1S/C22H22F3N3O4/c23-22(24,25)15-3-1-4-17(12-15)28-13-14(11-19(28)29)20(30)26-16-6-8-27(9-7-16)21(31)18-5-2-10-32-18/h1-5,10,12,14,16H,6-9,11,13H2,(H,26,30). The summed E-state index contributed by atoms with van der Waals surface area (Å²) in [5, 5.41) is 2.92. The van der Waals surface area contributed by atoms with Crippen molar-refractivity contribution in [2.45, 2.75) is 31.5 Å². The lowest BCUT2D eigenvalue weighted by Crippen LogP contribution is -2.48. The second-order valence-electron chi connectivity index (χ2n) is 8.01. The van der Waals surface area contributed by atoms with Crippen molar-refractivity contribution in [2.75, 3.05) is 24.5 Å². The minimum Gasteiger partial charge on any atom is -0.459 e. The molecule has 0 aliphatic carbocycles. The molecule has 2 saturated heterocycles. The highest BCUT2D eigenvalue weighted by Crippen LogP contribution is 2.33. The second-order valence-corrected chi connectivity index (χ2v) is 8.01. The lowest BCUT2D eigenvalue weighted by atomic mass is 10.0. The van der Waals surface area contributed by atoms with E-state index in [-0.39, 0.29) is 48.2 Å². The van der Waals surface area contributed by atoms with Gasteiger partial charge in [0.25, 0.3) is 5.91 Å². The Morgan fingerprint density at radius 3 is 2.50 bits per heavy atom. The van der Waals surface area contributed by atoms with Gasteiger partial charge in [-0.2, -0.15) is 13.2 Å². The Morgan fingerprint density at radius 2 is 1.84 bits per heavy atom. The molecular formula is C22H22F3N3O4. The lowest BCUT2D eigenvalue weighted by Gasteiger charge is -2.32. The van der Waals surface area contributed by atoms with Crippen LogP contribution in [-0.2, 0) is 15.8 Å². The largest absolute Gasteiger partial charge is 0.459 e. The molecule has 32 heavy (non-hydrogen) atoms. The molecule has 3 amide bonds. The molecule has 1 unspecified atom stereocenters. The Hall–Kier alpha value is -3.30. The molecule has 3 heterocycles. The Kier molecular flexibility index (Phi) is 5.94. The molecule has 0 radical (unpaired) electrons. The molecule has 2 fully saturated rings. The zero-order chi connectivity index (χ0) is 22.9. The van der Waals surface area contributed by atoms with E-state index in [1.54, 1.807) is 17.0 Å². The SMILES string of the molecule is O=C(NC1CCN(C(=O)c2ccco2)CC1)C1CC(=O)N(c2cccc(C(F)(F)F)c2)C1. The molecule has 0 bridgehead atoms. The maximum absolute atomic E-state index is 13.0. The van der Waals surface area contributed by atoms with Crippen molar-refractivity contribution in [1.29, 1.82) is 0 Å². The Morgan fingerprint density at radius 1 is 1.09 bits per heavy atom. The van der Waals surface area contributed by atoms with Gasteiger partial charge in [-0.1, -0.05) is 6.07 Å². The number of nitrogens with one attached hydrogen (secondary N) is 1. The highest BCUT2D eigenvalue weighted by molar-refractivity contribution is 6.00. The highest BCUT2D eigenvalue weighted by atomic mass is 19.4. The Bertz CT molecular complexity index is 998. The third-order valence-corrected chi connectivity index (χ3v) is 5.84. The van der Waals surface area contributed by atoms with Gasteiger partial charge < -0.3 is 19.5 Å². The predicted octanol–water partition coefficient (Wildman–Crippen LogP) is 3.07. The number of anilines is 1. The van der Waals surface area contributed by atoms with Crippen LogP contribution in [0.15, 0.2) is 47.1 Å². The van der Waals surface area contributed by atoms with E-state index >= 15 is 0 Å². The number of carbonyl (C=O) groups is 3. The van der Waals surface area contributed by atoms with E-state index in [1.807, 2.05) is 0 Å². The second kappa shape index (κ2) is 8.68. The maximum Gasteiger partial charge on any atom is 0.416 e. The van der Waals surface area contributed by atoms with Crippen molar-refractivity contribution in [2.24, 2.45) is 5.92 Å². The third kappa shape index (κ3) is 4.63. The number of likely N-dealkylation sites (tertiary alicyclic amines) is 1. The first-order valence-electron chi connectivity index (χ1n) is 10.3. The van der Waals surface area contributed by atoms with Crippen LogP contribution in [0.5, 0.6) is 0 Å². The van der Waals surface area contributed by atoms with Gasteiger partial charge in [0.05, 0.1) is 17.7 Å². The van der Waals surface area contributed by atoms with E-state index in [1.165, 1.54) is 23.3 Å². The van der Waals surface area contributed by atoms with Gasteiger partial charge in [-0.25, -0.2) is 0 Å². The van der Waals surface area contributed by atoms with E-state index in [9.17, 15) is 27.6 Å². The fourth-order valence-electron chi connectivity index (χ4n) is 4.08. The fourth-order valence-corrected chi connectivity index (χ4v) is 4.08. The first-order chi connectivity index (χ1) is 15.2. The molecular weight excluding hydrogens is 427 g/mol. The Balaban J connectivity index is 1.31. The average molecular weight is 449 g/mol. The number of benzene rings is 1. The number of piperidine rings is 1. The van der Waals surface area contributed by atoms with Gasteiger partial charge in [0.15, 0.2) is 5.76 Å². The van der Waals surface area contributed by atoms with Crippen LogP contribution in [-0.4, -0.2) is 48.3 Å². The number of amides is 3. The monoisotopic (exact) mass is 449 g/mol. The summed E-state index contributed by atoms with van der Waals surface area (Å²) in [6, 6.07) is 7.65. The lowest BCUT2D eigenvalue weighted by molar-refractivity contribution is -0.137. The molecule has 2 aromatic rings. The van der Waals surface area contributed by atoms with Crippen LogP contribution >= 0.6 is 0 Å². The number of halogens is 3. The fraction of sp³-hybridized carbons (Fsp3) is 0.409. The molecule has 2 aliphatic heterocycles. The first kappa shape index (κ1) is 21.9.